The Balaban J connectivity index is 2.59. The fourth-order valence-electron chi connectivity index (χ4n) is 1.67. The molecule has 0 radical (unpaired) electrons. The quantitative estimate of drug-likeness (QED) is 0.404. The Labute approximate surface area is 114 Å². The van der Waals surface area contributed by atoms with Crippen molar-refractivity contribution in [3.8, 4) is 0 Å². The van der Waals surface area contributed by atoms with Crippen molar-refractivity contribution in [1.82, 2.24) is 0 Å². The van der Waals surface area contributed by atoms with E-state index in [1.807, 2.05) is 0 Å². The molecule has 2 nitrogen and oxygen atoms in total. The average molecular weight is 375 g/mol. The van der Waals surface area contributed by atoms with Crippen molar-refractivity contribution in [1.29, 1.82) is 0 Å². The monoisotopic (exact) mass is 374 g/mol. The predicted octanol–water partition coefficient (Wildman–Crippen LogP) is 4.42. The molecule has 0 aliphatic heterocycles. The first kappa shape index (κ1) is 16.1. The van der Waals surface area contributed by atoms with E-state index in [1.54, 1.807) is 6.08 Å². The van der Waals surface area contributed by atoms with Gasteiger partial charge in [0.15, 0.2) is 0 Å². The maximum atomic E-state index is 12.2. The van der Waals surface area contributed by atoms with E-state index >= 15 is 0 Å². The summed E-state index contributed by atoms with van der Waals surface area (Å²) in [6.45, 7) is 3.57. The molecule has 0 saturated heterocycles. The van der Waals surface area contributed by atoms with Gasteiger partial charge in [-0.25, -0.2) is 0 Å². The maximum absolute atomic E-state index is 12.2. The Hall–Kier alpha value is 0.0923. The van der Waals surface area contributed by atoms with E-state index in [2.05, 4.69) is 6.58 Å². The van der Waals surface area contributed by atoms with Crippen LogP contribution in [0.5, 0.6) is 0 Å². The summed E-state index contributed by atoms with van der Waals surface area (Å²) in [6.07, 6.45) is 0.452. The van der Waals surface area contributed by atoms with E-state index < -0.39 is 18.5 Å². The molecular formula is C11H16F3O2PPd. The van der Waals surface area contributed by atoms with Gasteiger partial charge in [-0.3, -0.25) is 0 Å². The number of allylic oxidation sites excluding steroid dienone is 1. The van der Waals surface area contributed by atoms with Gasteiger partial charge < -0.3 is 0 Å². The summed E-state index contributed by atoms with van der Waals surface area (Å²) in [6, 6.07) is 0. The van der Waals surface area contributed by atoms with Crippen molar-refractivity contribution >= 4 is 12.3 Å². The summed E-state index contributed by atoms with van der Waals surface area (Å²) in [5, 5.41) is 0. The van der Waals surface area contributed by atoms with Gasteiger partial charge in [0.25, 0.3) is 0 Å². The number of rotatable bonds is 5. The summed E-state index contributed by atoms with van der Waals surface area (Å²) >= 11 is 0.0205. The molecule has 0 N–H and O–H groups in total. The van der Waals surface area contributed by atoms with Crippen LogP contribution in [0.25, 0.3) is 0 Å². The van der Waals surface area contributed by atoms with Gasteiger partial charge in [-0.2, -0.15) is 0 Å². The Morgan fingerprint density at radius 1 is 1.39 bits per heavy atom. The van der Waals surface area contributed by atoms with Gasteiger partial charge in [-0.15, -0.1) is 0 Å². The first-order valence-electron chi connectivity index (χ1n) is 5.66. The van der Waals surface area contributed by atoms with Gasteiger partial charge in [0, 0.05) is 0 Å². The molecule has 1 fully saturated rings. The van der Waals surface area contributed by atoms with Gasteiger partial charge in [0.05, 0.1) is 0 Å². The van der Waals surface area contributed by atoms with Crippen molar-refractivity contribution < 1.29 is 40.0 Å². The molecule has 1 saturated carbocycles. The fraction of sp³-hybridized carbons (Fsp3) is 0.727. The van der Waals surface area contributed by atoms with Gasteiger partial charge in [0.1, 0.15) is 0 Å². The van der Waals surface area contributed by atoms with Crippen LogP contribution in [-0.4, -0.2) is 17.8 Å². The molecule has 0 aromatic heterocycles. The molecule has 7 heteroatoms. The summed E-state index contributed by atoms with van der Waals surface area (Å²) in [7, 11) is 0. The molecule has 1 unspecified atom stereocenters. The molecule has 0 heterocycles. The first-order valence-corrected chi connectivity index (χ1v) is 10.0. The van der Waals surface area contributed by atoms with Gasteiger partial charge in [0.2, 0.25) is 0 Å². The van der Waals surface area contributed by atoms with Crippen molar-refractivity contribution in [3.05, 3.63) is 12.7 Å². The standard InChI is InChI=1S/C8H11F3O2P.C3H5.Pd/c9-8(10,11)7(12)13-14-6-4-2-1-3-5-6;1-3-2;/h6H,1-5H2;3H,1-2H2;/q-1;;+1. The molecule has 0 amide bonds. The van der Waals surface area contributed by atoms with E-state index in [-0.39, 0.29) is 23.1 Å². The van der Waals surface area contributed by atoms with Crippen molar-refractivity contribution in [2.24, 2.45) is 0 Å². The van der Waals surface area contributed by atoms with Gasteiger partial charge >= 0.3 is 114 Å². The third kappa shape index (κ3) is 5.38. The van der Waals surface area contributed by atoms with Crippen molar-refractivity contribution in [2.75, 3.05) is 0 Å². The van der Waals surface area contributed by atoms with Crippen LogP contribution in [0.1, 0.15) is 32.1 Å². The summed E-state index contributed by atoms with van der Waals surface area (Å²) in [5.41, 5.74) is 0.147. The summed E-state index contributed by atoms with van der Waals surface area (Å²) in [4.78, 5) is 11.6. The van der Waals surface area contributed by atoms with Crippen LogP contribution in [0, 0.1) is 0 Å². The second-order valence-corrected chi connectivity index (χ2v) is 9.70. The second kappa shape index (κ2) is 7.63. The SMILES string of the molecule is C=C[CH2][Pd][P](OC(=O)C(F)(F)F)C1CCCCC1. The van der Waals surface area contributed by atoms with E-state index in [0.29, 0.717) is 4.89 Å². The van der Waals surface area contributed by atoms with E-state index in [1.165, 1.54) is 0 Å². The third-order valence-electron chi connectivity index (χ3n) is 2.48. The number of hydrogen-bond donors (Lipinski definition) is 0. The number of hydrogen-bond acceptors (Lipinski definition) is 2. The third-order valence-corrected chi connectivity index (χ3v) is 9.05. The van der Waals surface area contributed by atoms with Gasteiger partial charge in [-0.1, -0.05) is 0 Å². The molecule has 1 atom stereocenters. The van der Waals surface area contributed by atoms with Crippen LogP contribution < -0.4 is 0 Å². The number of alkyl halides is 3. The summed E-state index contributed by atoms with van der Waals surface area (Å²) in [5.74, 6) is -2.03. The minimum absolute atomic E-state index is 0.0205. The minimum atomic E-state index is -4.88. The zero-order valence-electron chi connectivity index (χ0n) is 9.82. The summed E-state index contributed by atoms with van der Waals surface area (Å²) < 4.78 is 41.4. The van der Waals surface area contributed by atoms with Crippen LogP contribution in [0.4, 0.5) is 13.2 Å². The van der Waals surface area contributed by atoms with E-state index in [9.17, 15) is 18.0 Å². The zero-order chi connectivity index (χ0) is 13.6. The van der Waals surface area contributed by atoms with Crippen LogP contribution >= 0.6 is 6.34 Å². The molecule has 0 aromatic carbocycles. The van der Waals surface area contributed by atoms with Crippen LogP contribution in [0.3, 0.4) is 0 Å². The molecule has 1 aliphatic carbocycles. The van der Waals surface area contributed by atoms with Crippen LogP contribution in [0.15, 0.2) is 12.7 Å². The number of carbonyl (C=O) groups is 1. The van der Waals surface area contributed by atoms with E-state index in [4.69, 9.17) is 4.52 Å². The van der Waals surface area contributed by atoms with Gasteiger partial charge in [-0.05, 0) is 0 Å². The Bertz CT molecular complexity index is 291. The molecule has 108 valence electrons. The normalized spacial score (nSPS) is 19.5. The molecule has 0 spiro atoms. The molecule has 18 heavy (non-hydrogen) atoms. The predicted molar refractivity (Wildman–Crippen MR) is 60.9 cm³/mol. The fourth-order valence-corrected chi connectivity index (χ4v) is 7.75. The topological polar surface area (TPSA) is 26.3 Å². The van der Waals surface area contributed by atoms with Crippen molar-refractivity contribution in [3.63, 3.8) is 0 Å². The zero-order valence-corrected chi connectivity index (χ0v) is 12.3. The Kier molecular flexibility index (Phi) is 6.84. The molecular weight excluding hydrogens is 359 g/mol. The first-order chi connectivity index (χ1) is 8.45. The number of halogens is 3. The second-order valence-electron chi connectivity index (χ2n) is 3.93. The molecule has 0 aromatic rings. The van der Waals surface area contributed by atoms with Crippen molar-refractivity contribution in [2.45, 2.75) is 48.8 Å². The Morgan fingerprint density at radius 3 is 2.50 bits per heavy atom. The van der Waals surface area contributed by atoms with Crippen LogP contribution in [-0.2, 0) is 26.8 Å². The number of carbonyl (C=O) groups excluding carboxylic acids is 1. The molecule has 1 aliphatic rings. The molecule has 1 rings (SSSR count). The Morgan fingerprint density at radius 2 is 2.00 bits per heavy atom. The molecule has 0 bridgehead atoms. The van der Waals surface area contributed by atoms with E-state index in [0.717, 1.165) is 32.1 Å². The average Bonchev–Trinajstić information content (AvgIpc) is 2.34. The van der Waals surface area contributed by atoms with Crippen LogP contribution in [0.2, 0.25) is 4.89 Å².